The minimum absolute atomic E-state index is 0.135. The van der Waals surface area contributed by atoms with Crippen LogP contribution >= 0.6 is 11.8 Å². The highest BCUT2D eigenvalue weighted by molar-refractivity contribution is 8.02. The van der Waals surface area contributed by atoms with Gasteiger partial charge in [0, 0.05) is 17.3 Å². The average Bonchev–Trinajstić information content (AvgIpc) is 3.16. The quantitative estimate of drug-likeness (QED) is 0.624. The first-order chi connectivity index (χ1) is 13.0. The second-order valence-electron chi connectivity index (χ2n) is 9.57. The van der Waals surface area contributed by atoms with E-state index in [1.165, 1.54) is 0 Å². The zero-order valence-electron chi connectivity index (χ0n) is 17.7. The average molecular weight is 412 g/mol. The SMILES string of the molecule is CC[C@@H](CO)N1C(=O)[C@@H]2[C@@H](C(=O)NC)[C@@]3(C)CCC2(S3)C1C(=O)NC(C)(C)C. The van der Waals surface area contributed by atoms with E-state index in [-0.39, 0.29) is 29.1 Å². The van der Waals surface area contributed by atoms with E-state index in [0.717, 1.165) is 12.8 Å². The molecule has 28 heavy (non-hydrogen) atoms. The van der Waals surface area contributed by atoms with Crippen molar-refractivity contribution in [2.75, 3.05) is 13.7 Å². The number of nitrogens with zero attached hydrogens (tertiary/aromatic N) is 1. The van der Waals surface area contributed by atoms with Crippen molar-refractivity contribution in [3.63, 3.8) is 0 Å². The van der Waals surface area contributed by atoms with E-state index in [9.17, 15) is 19.5 Å². The topological polar surface area (TPSA) is 98.7 Å². The van der Waals surface area contributed by atoms with Crippen LogP contribution in [0.1, 0.15) is 53.9 Å². The summed E-state index contributed by atoms with van der Waals surface area (Å²) in [5.41, 5.74) is -0.438. The summed E-state index contributed by atoms with van der Waals surface area (Å²) in [5, 5.41) is 15.7. The fourth-order valence-electron chi connectivity index (χ4n) is 5.46. The fourth-order valence-corrected chi connectivity index (χ4v) is 7.81. The number of carbonyl (C=O) groups excluding carboxylic acids is 3. The normalized spacial score (nSPS) is 37.8. The molecule has 3 aliphatic heterocycles. The Morgan fingerprint density at radius 3 is 2.46 bits per heavy atom. The first-order valence-electron chi connectivity index (χ1n) is 10.1. The van der Waals surface area contributed by atoms with Gasteiger partial charge in [0.15, 0.2) is 0 Å². The van der Waals surface area contributed by atoms with Gasteiger partial charge in [0.1, 0.15) is 6.04 Å². The van der Waals surface area contributed by atoms with Gasteiger partial charge in [-0.3, -0.25) is 14.4 Å². The van der Waals surface area contributed by atoms with Crippen molar-refractivity contribution in [1.29, 1.82) is 0 Å². The number of rotatable bonds is 5. The second-order valence-corrected chi connectivity index (χ2v) is 11.5. The van der Waals surface area contributed by atoms with Gasteiger partial charge in [0.05, 0.1) is 29.2 Å². The highest BCUT2D eigenvalue weighted by atomic mass is 32.2. The van der Waals surface area contributed by atoms with Gasteiger partial charge in [-0.2, -0.15) is 0 Å². The lowest BCUT2D eigenvalue weighted by Gasteiger charge is -2.38. The largest absolute Gasteiger partial charge is 0.394 e. The predicted molar refractivity (Wildman–Crippen MR) is 109 cm³/mol. The Labute approximate surface area is 171 Å². The molecule has 0 aromatic carbocycles. The first kappa shape index (κ1) is 21.4. The second kappa shape index (κ2) is 6.90. The van der Waals surface area contributed by atoms with Gasteiger partial charge in [-0.25, -0.2) is 0 Å². The minimum atomic E-state index is -0.678. The summed E-state index contributed by atoms with van der Waals surface area (Å²) in [7, 11) is 1.60. The maximum atomic E-state index is 13.6. The predicted octanol–water partition coefficient (Wildman–Crippen LogP) is 0.899. The van der Waals surface area contributed by atoms with E-state index in [4.69, 9.17) is 0 Å². The summed E-state index contributed by atoms with van der Waals surface area (Å²) in [6.45, 7) is 9.50. The van der Waals surface area contributed by atoms with E-state index >= 15 is 0 Å². The lowest BCUT2D eigenvalue weighted by Crippen LogP contribution is -2.59. The number of aliphatic hydroxyl groups is 1. The standard InChI is InChI=1S/C20H33N3O4S/c1-7-11(10-24)23-14(16(26)22-18(2,3)4)20-9-8-19(5,28-20)12(15(25)21-6)13(20)17(23)27/h11-14,24H,7-10H2,1-6H3,(H,21,25)(H,22,26)/t11-,12-,13-,14?,19+,20?/m0/s1. The molecule has 3 amide bonds. The van der Waals surface area contributed by atoms with Gasteiger partial charge in [0.25, 0.3) is 0 Å². The van der Waals surface area contributed by atoms with E-state index in [1.54, 1.807) is 23.7 Å². The maximum Gasteiger partial charge on any atom is 0.244 e. The molecule has 0 radical (unpaired) electrons. The molecule has 2 bridgehead atoms. The van der Waals surface area contributed by atoms with E-state index in [0.29, 0.717) is 6.42 Å². The van der Waals surface area contributed by atoms with Crippen molar-refractivity contribution in [2.45, 2.75) is 81.0 Å². The molecule has 6 atom stereocenters. The maximum absolute atomic E-state index is 13.6. The molecular weight excluding hydrogens is 378 g/mol. The molecule has 7 nitrogen and oxygen atoms in total. The minimum Gasteiger partial charge on any atom is -0.394 e. The third-order valence-corrected chi connectivity index (χ3v) is 8.55. The number of nitrogens with one attached hydrogen (secondary N) is 2. The van der Waals surface area contributed by atoms with E-state index in [2.05, 4.69) is 10.6 Å². The molecule has 3 rings (SSSR count). The van der Waals surface area contributed by atoms with Gasteiger partial charge in [-0.05, 0) is 47.0 Å². The first-order valence-corrected chi connectivity index (χ1v) is 10.9. The number of carbonyl (C=O) groups is 3. The Kier molecular flexibility index (Phi) is 5.28. The van der Waals surface area contributed by atoms with Crippen LogP contribution in [0.2, 0.25) is 0 Å². The summed E-state index contributed by atoms with van der Waals surface area (Å²) in [4.78, 5) is 41.4. The number of likely N-dealkylation sites (tertiary alicyclic amines) is 1. The molecule has 0 saturated carbocycles. The van der Waals surface area contributed by atoms with Crippen LogP contribution in [0.15, 0.2) is 0 Å². The van der Waals surface area contributed by atoms with Gasteiger partial charge in [-0.15, -0.1) is 11.8 Å². The lowest BCUT2D eigenvalue weighted by molar-refractivity contribution is -0.143. The van der Waals surface area contributed by atoms with Crippen LogP contribution in [0.25, 0.3) is 0 Å². The third-order valence-electron chi connectivity index (χ3n) is 6.57. The third kappa shape index (κ3) is 2.95. The summed E-state index contributed by atoms with van der Waals surface area (Å²) in [6.07, 6.45) is 2.07. The molecule has 3 heterocycles. The van der Waals surface area contributed by atoms with Crippen molar-refractivity contribution in [1.82, 2.24) is 15.5 Å². The van der Waals surface area contributed by atoms with Crippen molar-refractivity contribution >= 4 is 29.5 Å². The Balaban J connectivity index is 2.11. The highest BCUT2D eigenvalue weighted by Gasteiger charge is 2.77. The number of fused-ring (bicyclic) bond motifs is 1. The molecule has 158 valence electrons. The highest BCUT2D eigenvalue weighted by Crippen LogP contribution is 2.71. The number of thioether (sulfide) groups is 1. The summed E-state index contributed by atoms with van der Waals surface area (Å²) in [6, 6.07) is -1.11. The number of amides is 3. The van der Waals surface area contributed by atoms with E-state index in [1.807, 2.05) is 34.6 Å². The summed E-state index contributed by atoms with van der Waals surface area (Å²) >= 11 is 1.65. The molecule has 3 N–H and O–H groups in total. The number of aliphatic hydroxyl groups excluding tert-OH is 1. The van der Waals surface area contributed by atoms with E-state index < -0.39 is 34.2 Å². The van der Waals surface area contributed by atoms with Crippen molar-refractivity contribution in [3.05, 3.63) is 0 Å². The van der Waals surface area contributed by atoms with Crippen LogP contribution in [-0.4, -0.2) is 68.5 Å². The Morgan fingerprint density at radius 1 is 1.32 bits per heavy atom. The Bertz CT molecular complexity index is 689. The smallest absolute Gasteiger partial charge is 0.244 e. The monoisotopic (exact) mass is 411 g/mol. The van der Waals surface area contributed by atoms with Gasteiger partial charge < -0.3 is 20.6 Å². The van der Waals surface area contributed by atoms with Gasteiger partial charge in [0.2, 0.25) is 17.7 Å². The van der Waals surface area contributed by atoms with Crippen LogP contribution in [0.5, 0.6) is 0 Å². The molecule has 1 spiro atoms. The molecule has 0 aliphatic carbocycles. The van der Waals surface area contributed by atoms with Crippen LogP contribution < -0.4 is 10.6 Å². The Hall–Kier alpha value is -1.28. The molecule has 0 aromatic heterocycles. The van der Waals surface area contributed by atoms with Gasteiger partial charge >= 0.3 is 0 Å². The zero-order valence-corrected chi connectivity index (χ0v) is 18.5. The molecule has 0 aromatic rings. The zero-order chi connectivity index (χ0) is 21.1. The molecule has 2 unspecified atom stereocenters. The summed E-state index contributed by atoms with van der Waals surface area (Å²) < 4.78 is -0.978. The molecule has 3 fully saturated rings. The Morgan fingerprint density at radius 2 is 1.96 bits per heavy atom. The lowest BCUT2D eigenvalue weighted by atomic mass is 9.66. The number of hydrogen-bond acceptors (Lipinski definition) is 5. The van der Waals surface area contributed by atoms with Crippen LogP contribution in [0, 0.1) is 11.8 Å². The summed E-state index contributed by atoms with van der Waals surface area (Å²) in [5.74, 6) is -1.49. The molecule has 8 heteroatoms. The van der Waals surface area contributed by atoms with Crippen molar-refractivity contribution in [3.8, 4) is 0 Å². The fraction of sp³-hybridized carbons (Fsp3) is 0.850. The van der Waals surface area contributed by atoms with Crippen LogP contribution in [0.4, 0.5) is 0 Å². The van der Waals surface area contributed by atoms with Gasteiger partial charge in [-0.1, -0.05) is 6.92 Å². The van der Waals surface area contributed by atoms with Crippen LogP contribution in [-0.2, 0) is 14.4 Å². The van der Waals surface area contributed by atoms with Crippen molar-refractivity contribution in [2.24, 2.45) is 11.8 Å². The molecular formula is C20H33N3O4S. The van der Waals surface area contributed by atoms with Crippen molar-refractivity contribution < 1.29 is 19.5 Å². The molecule has 3 aliphatic rings. The van der Waals surface area contributed by atoms with Crippen LogP contribution in [0.3, 0.4) is 0 Å². The molecule has 3 saturated heterocycles. The number of hydrogen-bond donors (Lipinski definition) is 3.